The summed E-state index contributed by atoms with van der Waals surface area (Å²) in [7, 11) is 3.25. The highest BCUT2D eigenvalue weighted by Gasteiger charge is 2.33. The predicted octanol–water partition coefficient (Wildman–Crippen LogP) is 3.17. The summed E-state index contributed by atoms with van der Waals surface area (Å²) in [5.41, 5.74) is -0.910. The summed E-state index contributed by atoms with van der Waals surface area (Å²) in [5.74, 6) is 0.146. The maximum Gasteiger partial charge on any atom is 0.434 e. The molecule has 2 N–H and O–H groups in total. The molecule has 12 heteroatoms. The van der Waals surface area contributed by atoms with E-state index in [1.165, 1.54) is 4.90 Å². The number of guanidine groups is 1. The van der Waals surface area contributed by atoms with Crippen LogP contribution in [-0.2, 0) is 24.1 Å². The molecule has 0 saturated heterocycles. The van der Waals surface area contributed by atoms with Gasteiger partial charge in [0.15, 0.2) is 11.7 Å². The third kappa shape index (κ3) is 8.01. The highest BCUT2D eigenvalue weighted by molar-refractivity contribution is 14.0. The fourth-order valence-electron chi connectivity index (χ4n) is 1.73. The molecule has 2 aromatic heterocycles. The van der Waals surface area contributed by atoms with Gasteiger partial charge in [-0.25, -0.2) is 9.98 Å². The summed E-state index contributed by atoms with van der Waals surface area (Å²) in [6.07, 6.45) is -4.46. The molecule has 6 nitrogen and oxygen atoms in total. The monoisotopic (exact) mass is 533 g/mol. The Morgan fingerprint density at radius 3 is 2.52 bits per heavy atom. The van der Waals surface area contributed by atoms with E-state index in [0.29, 0.717) is 12.5 Å². The van der Waals surface area contributed by atoms with Crippen LogP contribution in [0.4, 0.5) is 13.2 Å². The van der Waals surface area contributed by atoms with Crippen LogP contribution in [0.3, 0.4) is 0 Å². The summed E-state index contributed by atoms with van der Waals surface area (Å²) in [6.45, 7) is 0.497. The molecular weight excluding hydrogens is 514 g/mol. The molecule has 0 fully saturated rings. The van der Waals surface area contributed by atoms with Crippen LogP contribution in [0.5, 0.6) is 0 Å². The largest absolute Gasteiger partial charge is 0.434 e. The smallest absolute Gasteiger partial charge is 0.351 e. The normalized spacial score (nSPS) is 11.7. The zero-order valence-corrected chi connectivity index (χ0v) is 18.5. The number of alkyl halides is 3. The van der Waals surface area contributed by atoms with E-state index in [1.54, 1.807) is 25.4 Å². The van der Waals surface area contributed by atoms with Crippen molar-refractivity contribution in [1.82, 2.24) is 20.5 Å². The van der Waals surface area contributed by atoms with Crippen LogP contribution in [0.25, 0.3) is 0 Å². The molecule has 0 aliphatic heterocycles. The van der Waals surface area contributed by atoms with Crippen molar-refractivity contribution in [2.45, 2.75) is 19.3 Å². The Labute approximate surface area is 179 Å². The Morgan fingerprint density at radius 1 is 1.26 bits per heavy atom. The van der Waals surface area contributed by atoms with Crippen molar-refractivity contribution in [1.29, 1.82) is 0 Å². The standard InChI is InChI=1S/C15H18F3N5OS2.HI/c1-23(2)13(24)8-21-14(19-6-10-4-3-5-25-10)20-7-12-22-11(9-26-12)15(16,17)18;/h3-5,9H,6-8H2,1-2H3,(H2,19,20,21);1H. The van der Waals surface area contributed by atoms with E-state index in [1.807, 2.05) is 17.5 Å². The molecule has 0 atom stereocenters. The van der Waals surface area contributed by atoms with E-state index >= 15 is 0 Å². The topological polar surface area (TPSA) is 69.6 Å². The molecule has 2 rings (SSSR count). The van der Waals surface area contributed by atoms with Crippen molar-refractivity contribution in [3.63, 3.8) is 0 Å². The molecule has 0 radical (unpaired) electrons. The minimum absolute atomic E-state index is 0. The van der Waals surface area contributed by atoms with Gasteiger partial charge in [0, 0.05) is 24.4 Å². The number of hydrogen-bond acceptors (Lipinski definition) is 5. The number of likely N-dealkylation sites (N-methyl/N-ethyl adjacent to an activating group) is 1. The zero-order valence-electron chi connectivity index (χ0n) is 14.5. The second kappa shape index (κ2) is 10.8. The summed E-state index contributed by atoms with van der Waals surface area (Å²) in [6, 6.07) is 3.85. The van der Waals surface area contributed by atoms with Crippen molar-refractivity contribution in [2.24, 2.45) is 4.99 Å². The maximum atomic E-state index is 12.6. The van der Waals surface area contributed by atoms with Gasteiger partial charge in [-0.2, -0.15) is 13.2 Å². The van der Waals surface area contributed by atoms with Crippen molar-refractivity contribution < 1.29 is 18.0 Å². The maximum absolute atomic E-state index is 12.6. The van der Waals surface area contributed by atoms with Gasteiger partial charge in [-0.15, -0.1) is 46.7 Å². The highest BCUT2D eigenvalue weighted by atomic mass is 127. The fourth-order valence-corrected chi connectivity index (χ4v) is 3.11. The number of nitrogens with one attached hydrogen (secondary N) is 2. The van der Waals surface area contributed by atoms with Gasteiger partial charge in [0.05, 0.1) is 13.1 Å². The average Bonchev–Trinajstić information content (AvgIpc) is 3.24. The Kier molecular flexibility index (Phi) is 9.45. The Balaban J connectivity index is 0.00000364. The summed E-state index contributed by atoms with van der Waals surface area (Å²) in [5, 5.41) is 9.16. The quantitative estimate of drug-likeness (QED) is 0.340. The number of aliphatic imine (C=N–C) groups is 1. The number of thiazole rings is 1. The molecular formula is C15H19F3IN5OS2. The van der Waals surface area contributed by atoms with Crippen LogP contribution in [0, 0.1) is 0 Å². The average molecular weight is 533 g/mol. The molecule has 0 unspecified atom stereocenters. The van der Waals surface area contributed by atoms with Gasteiger partial charge in [-0.1, -0.05) is 6.07 Å². The van der Waals surface area contributed by atoms with Crippen LogP contribution in [0.2, 0.25) is 0 Å². The number of carbonyl (C=O) groups is 1. The lowest BCUT2D eigenvalue weighted by Gasteiger charge is -2.12. The number of rotatable bonds is 6. The first-order valence-corrected chi connectivity index (χ1v) is 9.28. The molecule has 0 aliphatic carbocycles. The van der Waals surface area contributed by atoms with Crippen LogP contribution in [-0.4, -0.2) is 42.4 Å². The SMILES string of the molecule is CN(C)C(=O)CN=C(NCc1cccs1)NCc1nc(C(F)(F)F)cs1.I. The van der Waals surface area contributed by atoms with Crippen LogP contribution in [0.1, 0.15) is 15.6 Å². The number of halogens is 4. The first kappa shape index (κ1) is 23.6. The van der Waals surface area contributed by atoms with Crippen LogP contribution < -0.4 is 10.6 Å². The number of aromatic nitrogens is 1. The van der Waals surface area contributed by atoms with Gasteiger partial charge in [0.2, 0.25) is 5.91 Å². The second-order valence-corrected chi connectivity index (χ2v) is 7.34. The van der Waals surface area contributed by atoms with Crippen molar-refractivity contribution >= 4 is 58.5 Å². The van der Waals surface area contributed by atoms with Crippen LogP contribution in [0.15, 0.2) is 27.9 Å². The number of nitrogens with zero attached hydrogens (tertiary/aromatic N) is 3. The molecule has 0 aliphatic rings. The van der Waals surface area contributed by atoms with Crippen molar-refractivity contribution in [2.75, 3.05) is 20.6 Å². The van der Waals surface area contributed by atoms with E-state index in [-0.39, 0.29) is 48.0 Å². The van der Waals surface area contributed by atoms with Gasteiger partial charge in [0.25, 0.3) is 0 Å². The van der Waals surface area contributed by atoms with Gasteiger partial charge in [-0.05, 0) is 11.4 Å². The van der Waals surface area contributed by atoms with Gasteiger partial charge in [0.1, 0.15) is 11.6 Å². The predicted molar refractivity (Wildman–Crippen MR) is 112 cm³/mol. The fraction of sp³-hybridized carbons (Fsp3) is 0.400. The van der Waals surface area contributed by atoms with Crippen molar-refractivity contribution in [3.8, 4) is 0 Å². The third-order valence-electron chi connectivity index (χ3n) is 3.13. The van der Waals surface area contributed by atoms with E-state index < -0.39 is 11.9 Å². The lowest BCUT2D eigenvalue weighted by atomic mass is 10.4. The third-order valence-corrected chi connectivity index (χ3v) is 4.86. The minimum atomic E-state index is -4.46. The second-order valence-electron chi connectivity index (χ2n) is 5.36. The molecule has 2 aromatic rings. The number of thiophene rings is 1. The summed E-state index contributed by atoms with van der Waals surface area (Å²) < 4.78 is 37.8. The molecule has 0 aromatic carbocycles. The lowest BCUT2D eigenvalue weighted by molar-refractivity contribution is -0.140. The molecule has 0 spiro atoms. The summed E-state index contributed by atoms with van der Waals surface area (Å²) in [4.78, 5) is 21.9. The Hall–Kier alpha value is -1.41. The van der Waals surface area contributed by atoms with Crippen LogP contribution >= 0.6 is 46.7 Å². The van der Waals surface area contributed by atoms with Crippen molar-refractivity contribution in [3.05, 3.63) is 38.5 Å². The van der Waals surface area contributed by atoms with Gasteiger partial charge >= 0.3 is 6.18 Å². The highest BCUT2D eigenvalue weighted by Crippen LogP contribution is 2.29. The van der Waals surface area contributed by atoms with Gasteiger partial charge < -0.3 is 15.5 Å². The molecule has 0 saturated carbocycles. The first-order valence-electron chi connectivity index (χ1n) is 7.52. The zero-order chi connectivity index (χ0) is 19.2. The molecule has 2 heterocycles. The Morgan fingerprint density at radius 2 is 1.96 bits per heavy atom. The lowest BCUT2D eigenvalue weighted by Crippen LogP contribution is -2.37. The number of carbonyl (C=O) groups excluding carboxylic acids is 1. The molecule has 1 amide bonds. The van der Waals surface area contributed by atoms with E-state index in [0.717, 1.165) is 21.6 Å². The number of hydrogen-bond donors (Lipinski definition) is 2. The minimum Gasteiger partial charge on any atom is -0.351 e. The number of amides is 1. The van der Waals surface area contributed by atoms with E-state index in [4.69, 9.17) is 0 Å². The molecule has 27 heavy (non-hydrogen) atoms. The van der Waals surface area contributed by atoms with E-state index in [9.17, 15) is 18.0 Å². The summed E-state index contributed by atoms with van der Waals surface area (Å²) >= 11 is 2.47. The molecule has 150 valence electrons. The Bertz CT molecular complexity index is 747. The first-order chi connectivity index (χ1) is 12.3. The van der Waals surface area contributed by atoms with E-state index in [2.05, 4.69) is 20.6 Å². The van der Waals surface area contributed by atoms with Gasteiger partial charge in [-0.3, -0.25) is 4.79 Å². The molecule has 0 bridgehead atoms.